The molecule has 144 valence electrons. The molecule has 0 bridgehead atoms. The first-order valence-electron chi connectivity index (χ1n) is 8.61. The van der Waals surface area contributed by atoms with Crippen LogP contribution in [-0.2, 0) is 6.54 Å². The minimum Gasteiger partial charge on any atom is -0.490 e. The van der Waals surface area contributed by atoms with Gasteiger partial charge in [0.1, 0.15) is 19.0 Å². The summed E-state index contributed by atoms with van der Waals surface area (Å²) in [6.45, 7) is 1.12. The number of ether oxygens (including phenoxy) is 2. The molecule has 0 unspecified atom stereocenters. The van der Waals surface area contributed by atoms with Crippen molar-refractivity contribution < 1.29 is 14.3 Å². The molecule has 0 saturated carbocycles. The van der Waals surface area contributed by atoms with Crippen molar-refractivity contribution in [1.29, 1.82) is 0 Å². The number of aromatic nitrogens is 2. The first-order valence-corrected chi connectivity index (χ1v) is 8.99. The molecule has 2 N–H and O–H groups in total. The fourth-order valence-corrected chi connectivity index (χ4v) is 2.42. The van der Waals surface area contributed by atoms with Crippen LogP contribution in [0.2, 0.25) is 5.15 Å². The maximum atomic E-state index is 11.9. The van der Waals surface area contributed by atoms with Gasteiger partial charge in [0.2, 0.25) is 5.88 Å². The van der Waals surface area contributed by atoms with Gasteiger partial charge < -0.3 is 20.1 Å². The molecule has 8 heteroatoms. The first kappa shape index (κ1) is 19.4. The Balaban J connectivity index is 1.38. The summed E-state index contributed by atoms with van der Waals surface area (Å²) in [5.74, 6) is 1.29. The number of nitrogens with one attached hydrogen (secondary N) is 2. The lowest BCUT2D eigenvalue weighted by molar-refractivity contribution is 0.212. The standard InChI is InChI=1S/C20H19ClN4O3/c21-19-17(7-4-10-22-19)25-20(26)24-14-15-8-9-18(23-13-15)28-12-11-27-16-5-2-1-3-6-16/h1-10,13H,11-12,14H2,(H2,24,25,26). The Morgan fingerprint density at radius 2 is 1.79 bits per heavy atom. The molecule has 3 aromatic rings. The molecule has 1 aromatic carbocycles. The summed E-state index contributed by atoms with van der Waals surface area (Å²) in [7, 11) is 0. The highest BCUT2D eigenvalue weighted by Gasteiger charge is 2.06. The number of carbonyl (C=O) groups is 1. The van der Waals surface area contributed by atoms with Crippen molar-refractivity contribution >= 4 is 23.3 Å². The second-order valence-electron chi connectivity index (χ2n) is 5.66. The highest BCUT2D eigenvalue weighted by atomic mass is 35.5. The molecule has 0 atom stereocenters. The number of carbonyl (C=O) groups excluding carboxylic acids is 1. The molecule has 2 amide bonds. The Hall–Kier alpha value is -3.32. The number of pyridine rings is 2. The van der Waals surface area contributed by atoms with Gasteiger partial charge in [0, 0.05) is 25.0 Å². The molecule has 0 saturated heterocycles. The summed E-state index contributed by atoms with van der Waals surface area (Å²) in [4.78, 5) is 20.0. The second-order valence-corrected chi connectivity index (χ2v) is 6.02. The van der Waals surface area contributed by atoms with Crippen molar-refractivity contribution in [3.63, 3.8) is 0 Å². The molecule has 0 aliphatic rings. The Morgan fingerprint density at radius 3 is 2.54 bits per heavy atom. The zero-order chi connectivity index (χ0) is 19.6. The van der Waals surface area contributed by atoms with Crippen molar-refractivity contribution in [3.8, 4) is 11.6 Å². The van der Waals surface area contributed by atoms with E-state index in [4.69, 9.17) is 21.1 Å². The zero-order valence-corrected chi connectivity index (χ0v) is 15.7. The van der Waals surface area contributed by atoms with Crippen LogP contribution < -0.4 is 20.1 Å². The van der Waals surface area contributed by atoms with Gasteiger partial charge in [-0.2, -0.15) is 0 Å². The van der Waals surface area contributed by atoms with Gasteiger partial charge in [0.15, 0.2) is 5.15 Å². The number of nitrogens with zero attached hydrogens (tertiary/aromatic N) is 2. The molecular weight excluding hydrogens is 380 g/mol. The van der Waals surface area contributed by atoms with E-state index in [0.717, 1.165) is 11.3 Å². The first-order chi connectivity index (χ1) is 13.7. The number of rotatable bonds is 8. The van der Waals surface area contributed by atoms with E-state index in [0.29, 0.717) is 31.3 Å². The highest BCUT2D eigenvalue weighted by Crippen LogP contribution is 2.17. The average Bonchev–Trinajstić information content (AvgIpc) is 2.73. The topological polar surface area (TPSA) is 85.4 Å². The quantitative estimate of drug-likeness (QED) is 0.444. The van der Waals surface area contributed by atoms with Gasteiger partial charge in [-0.1, -0.05) is 35.9 Å². The number of hydrogen-bond donors (Lipinski definition) is 2. The molecular formula is C20H19ClN4O3. The van der Waals surface area contributed by atoms with E-state index in [1.807, 2.05) is 36.4 Å². The highest BCUT2D eigenvalue weighted by molar-refractivity contribution is 6.32. The second kappa shape index (κ2) is 10.1. The largest absolute Gasteiger partial charge is 0.490 e. The van der Waals surface area contributed by atoms with Crippen molar-refractivity contribution in [3.05, 3.63) is 77.7 Å². The van der Waals surface area contributed by atoms with Crippen LogP contribution in [0, 0.1) is 0 Å². The minimum atomic E-state index is -0.381. The maximum absolute atomic E-state index is 11.9. The fraction of sp³-hybridized carbons (Fsp3) is 0.150. The molecule has 0 spiro atoms. The number of halogens is 1. The van der Waals surface area contributed by atoms with E-state index in [-0.39, 0.29) is 11.2 Å². The number of benzene rings is 1. The minimum absolute atomic E-state index is 0.233. The summed E-state index contributed by atoms with van der Waals surface area (Å²) in [5, 5.41) is 5.60. The van der Waals surface area contributed by atoms with Crippen LogP contribution in [0.3, 0.4) is 0 Å². The van der Waals surface area contributed by atoms with E-state index in [1.165, 1.54) is 0 Å². The summed E-state index contributed by atoms with van der Waals surface area (Å²) >= 11 is 5.90. The van der Waals surface area contributed by atoms with Gasteiger partial charge in [-0.05, 0) is 29.8 Å². The molecule has 3 rings (SSSR count). The third kappa shape index (κ3) is 6.14. The van der Waals surface area contributed by atoms with Crippen molar-refractivity contribution in [2.24, 2.45) is 0 Å². The van der Waals surface area contributed by atoms with Gasteiger partial charge in [-0.25, -0.2) is 14.8 Å². The zero-order valence-electron chi connectivity index (χ0n) is 15.0. The van der Waals surface area contributed by atoms with E-state index >= 15 is 0 Å². The van der Waals surface area contributed by atoms with E-state index in [9.17, 15) is 4.79 Å². The Labute approximate surface area is 167 Å². The number of para-hydroxylation sites is 1. The van der Waals surface area contributed by atoms with Gasteiger partial charge in [-0.3, -0.25) is 0 Å². The number of amides is 2. The summed E-state index contributed by atoms with van der Waals surface area (Å²) in [6.07, 6.45) is 3.19. The van der Waals surface area contributed by atoms with Crippen LogP contribution in [0.1, 0.15) is 5.56 Å². The van der Waals surface area contributed by atoms with Crippen molar-refractivity contribution in [2.75, 3.05) is 18.5 Å². The normalized spacial score (nSPS) is 10.2. The van der Waals surface area contributed by atoms with E-state index < -0.39 is 0 Å². The Morgan fingerprint density at radius 1 is 0.964 bits per heavy atom. The van der Waals surface area contributed by atoms with Gasteiger partial charge in [0.25, 0.3) is 0 Å². The predicted molar refractivity (Wildman–Crippen MR) is 107 cm³/mol. The molecule has 7 nitrogen and oxygen atoms in total. The molecule has 2 aromatic heterocycles. The SMILES string of the molecule is O=C(NCc1ccc(OCCOc2ccccc2)nc1)Nc1cccnc1Cl. The van der Waals surface area contributed by atoms with E-state index in [1.54, 1.807) is 30.6 Å². The van der Waals surface area contributed by atoms with Crippen LogP contribution >= 0.6 is 11.6 Å². The molecule has 28 heavy (non-hydrogen) atoms. The Kier molecular flexibility index (Phi) is 7.03. The van der Waals surface area contributed by atoms with Crippen LogP contribution in [0.4, 0.5) is 10.5 Å². The molecule has 0 fully saturated rings. The van der Waals surface area contributed by atoms with Crippen molar-refractivity contribution in [1.82, 2.24) is 15.3 Å². The number of anilines is 1. The van der Waals surface area contributed by atoms with Crippen LogP contribution in [0.25, 0.3) is 0 Å². The third-order valence-corrected chi connectivity index (χ3v) is 3.90. The van der Waals surface area contributed by atoms with Gasteiger partial charge >= 0.3 is 6.03 Å². The molecule has 0 aliphatic carbocycles. The lowest BCUT2D eigenvalue weighted by Gasteiger charge is -2.09. The monoisotopic (exact) mass is 398 g/mol. The predicted octanol–water partition coefficient (Wildman–Crippen LogP) is 3.91. The van der Waals surface area contributed by atoms with Gasteiger partial charge in [-0.15, -0.1) is 0 Å². The fourth-order valence-electron chi connectivity index (χ4n) is 2.25. The number of hydrogen-bond acceptors (Lipinski definition) is 5. The lowest BCUT2D eigenvalue weighted by Crippen LogP contribution is -2.28. The average molecular weight is 399 g/mol. The summed E-state index contributed by atoms with van der Waals surface area (Å²) < 4.78 is 11.1. The van der Waals surface area contributed by atoms with E-state index in [2.05, 4.69) is 20.6 Å². The molecule has 2 heterocycles. The van der Waals surface area contributed by atoms with Crippen LogP contribution in [-0.4, -0.2) is 29.2 Å². The smallest absolute Gasteiger partial charge is 0.319 e. The molecule has 0 aliphatic heterocycles. The summed E-state index contributed by atoms with van der Waals surface area (Å²) in [6, 6.07) is 16.1. The summed E-state index contributed by atoms with van der Waals surface area (Å²) in [5.41, 5.74) is 1.28. The molecule has 0 radical (unpaired) electrons. The Bertz CT molecular complexity index is 891. The number of urea groups is 1. The van der Waals surface area contributed by atoms with Crippen LogP contribution in [0.5, 0.6) is 11.6 Å². The lowest BCUT2D eigenvalue weighted by atomic mass is 10.3. The van der Waals surface area contributed by atoms with Gasteiger partial charge in [0.05, 0.1) is 5.69 Å². The van der Waals surface area contributed by atoms with Crippen molar-refractivity contribution in [2.45, 2.75) is 6.54 Å². The third-order valence-electron chi connectivity index (χ3n) is 3.60. The van der Waals surface area contributed by atoms with Crippen LogP contribution in [0.15, 0.2) is 67.0 Å². The maximum Gasteiger partial charge on any atom is 0.319 e.